The minimum Gasteiger partial charge on any atom is -0.497 e. The molecule has 0 unspecified atom stereocenters. The maximum absolute atomic E-state index is 12.1. The fraction of sp³-hybridized carbons (Fsp3) is 0.278. The van der Waals surface area contributed by atoms with Crippen LogP contribution in [0.5, 0.6) is 5.75 Å². The molecule has 2 rings (SSSR count). The molecule has 0 aliphatic heterocycles. The molecule has 0 heterocycles. The summed E-state index contributed by atoms with van der Waals surface area (Å²) in [6, 6.07) is 15.7. The molecule has 0 spiro atoms. The van der Waals surface area contributed by atoms with Crippen LogP contribution in [0.25, 0.3) is 0 Å². The largest absolute Gasteiger partial charge is 0.497 e. The van der Waals surface area contributed by atoms with Gasteiger partial charge in [0.2, 0.25) is 5.91 Å². The fourth-order valence-corrected chi connectivity index (χ4v) is 2.25. The fourth-order valence-electron chi connectivity index (χ4n) is 2.25. The first kappa shape index (κ1) is 15.1. The van der Waals surface area contributed by atoms with Crippen molar-refractivity contribution in [3.8, 4) is 5.75 Å². The van der Waals surface area contributed by atoms with Crippen LogP contribution in [0, 0.1) is 6.92 Å². The van der Waals surface area contributed by atoms with Crippen LogP contribution in [0.4, 0.5) is 0 Å². The number of benzene rings is 2. The van der Waals surface area contributed by atoms with Crippen LogP contribution in [0.2, 0.25) is 0 Å². The molecule has 0 fully saturated rings. The first-order valence-electron chi connectivity index (χ1n) is 7.08. The SMILES string of the molecule is COc1ccc([C@@H](C)NC(=O)Cc2ccccc2C)cc1. The normalized spacial score (nSPS) is 11.8. The molecule has 1 N–H and O–H groups in total. The van der Waals surface area contributed by atoms with Gasteiger partial charge in [0.1, 0.15) is 5.75 Å². The van der Waals surface area contributed by atoms with Gasteiger partial charge < -0.3 is 10.1 Å². The lowest BCUT2D eigenvalue weighted by molar-refractivity contribution is -0.121. The van der Waals surface area contributed by atoms with Crippen molar-refractivity contribution >= 4 is 5.91 Å². The number of rotatable bonds is 5. The van der Waals surface area contributed by atoms with Gasteiger partial charge in [-0.1, -0.05) is 36.4 Å². The zero-order chi connectivity index (χ0) is 15.2. The van der Waals surface area contributed by atoms with Crippen LogP contribution in [0.15, 0.2) is 48.5 Å². The van der Waals surface area contributed by atoms with Crippen molar-refractivity contribution in [2.75, 3.05) is 7.11 Å². The lowest BCUT2D eigenvalue weighted by atomic mass is 10.0. The Morgan fingerprint density at radius 1 is 1.14 bits per heavy atom. The van der Waals surface area contributed by atoms with E-state index in [1.165, 1.54) is 0 Å². The summed E-state index contributed by atoms with van der Waals surface area (Å²) >= 11 is 0. The van der Waals surface area contributed by atoms with Crippen LogP contribution < -0.4 is 10.1 Å². The minimum absolute atomic E-state index is 0.0209. The van der Waals surface area contributed by atoms with E-state index in [9.17, 15) is 4.79 Å². The van der Waals surface area contributed by atoms with Crippen LogP contribution in [0.1, 0.15) is 29.7 Å². The van der Waals surface area contributed by atoms with E-state index in [-0.39, 0.29) is 11.9 Å². The van der Waals surface area contributed by atoms with E-state index in [1.54, 1.807) is 7.11 Å². The Balaban J connectivity index is 1.97. The van der Waals surface area contributed by atoms with Crippen molar-refractivity contribution in [1.82, 2.24) is 5.32 Å². The summed E-state index contributed by atoms with van der Waals surface area (Å²) < 4.78 is 5.13. The molecular formula is C18H21NO2. The zero-order valence-corrected chi connectivity index (χ0v) is 12.7. The number of hydrogen-bond donors (Lipinski definition) is 1. The second-order valence-electron chi connectivity index (χ2n) is 5.17. The van der Waals surface area contributed by atoms with Gasteiger partial charge in [-0.15, -0.1) is 0 Å². The first-order chi connectivity index (χ1) is 10.1. The lowest BCUT2D eigenvalue weighted by Crippen LogP contribution is -2.28. The van der Waals surface area contributed by atoms with Gasteiger partial charge in [0.25, 0.3) is 0 Å². The van der Waals surface area contributed by atoms with Gasteiger partial charge in [-0.25, -0.2) is 0 Å². The zero-order valence-electron chi connectivity index (χ0n) is 12.7. The molecule has 2 aromatic carbocycles. The Morgan fingerprint density at radius 3 is 2.43 bits per heavy atom. The number of aryl methyl sites for hydroxylation is 1. The minimum atomic E-state index is -0.0209. The maximum Gasteiger partial charge on any atom is 0.224 e. The molecule has 0 aliphatic rings. The van der Waals surface area contributed by atoms with E-state index in [0.717, 1.165) is 22.4 Å². The summed E-state index contributed by atoms with van der Waals surface area (Å²) in [4.78, 5) is 12.1. The first-order valence-corrected chi connectivity index (χ1v) is 7.08. The molecule has 1 amide bonds. The van der Waals surface area contributed by atoms with E-state index in [0.29, 0.717) is 6.42 Å². The Hall–Kier alpha value is -2.29. The molecule has 3 heteroatoms. The summed E-state index contributed by atoms with van der Waals surface area (Å²) in [6.45, 7) is 4.01. The third-order valence-corrected chi connectivity index (χ3v) is 3.61. The van der Waals surface area contributed by atoms with Gasteiger partial charge in [0.05, 0.1) is 19.6 Å². The number of carbonyl (C=O) groups excluding carboxylic acids is 1. The topological polar surface area (TPSA) is 38.3 Å². The molecule has 0 aliphatic carbocycles. The average Bonchev–Trinajstić information content (AvgIpc) is 2.49. The smallest absolute Gasteiger partial charge is 0.224 e. The molecule has 0 radical (unpaired) electrons. The molecule has 110 valence electrons. The highest BCUT2D eigenvalue weighted by Crippen LogP contribution is 2.17. The Kier molecular flexibility index (Phi) is 4.99. The summed E-state index contributed by atoms with van der Waals surface area (Å²) in [5.41, 5.74) is 3.27. The number of nitrogens with one attached hydrogen (secondary N) is 1. The Labute approximate surface area is 126 Å². The molecule has 0 saturated carbocycles. The van der Waals surface area contributed by atoms with Gasteiger partial charge in [-0.2, -0.15) is 0 Å². The number of carbonyl (C=O) groups is 1. The third kappa shape index (κ3) is 4.09. The molecule has 21 heavy (non-hydrogen) atoms. The maximum atomic E-state index is 12.1. The highest BCUT2D eigenvalue weighted by Gasteiger charge is 2.11. The van der Waals surface area contributed by atoms with E-state index in [1.807, 2.05) is 62.4 Å². The Morgan fingerprint density at radius 2 is 1.81 bits per heavy atom. The molecular weight excluding hydrogens is 262 g/mol. The quantitative estimate of drug-likeness (QED) is 0.913. The average molecular weight is 283 g/mol. The van der Waals surface area contributed by atoms with Gasteiger partial charge in [0.15, 0.2) is 0 Å². The number of ether oxygens (including phenoxy) is 1. The van der Waals surface area contributed by atoms with Crippen molar-refractivity contribution in [2.45, 2.75) is 26.3 Å². The highest BCUT2D eigenvalue weighted by atomic mass is 16.5. The molecule has 0 bridgehead atoms. The van der Waals surface area contributed by atoms with Gasteiger partial charge >= 0.3 is 0 Å². The second-order valence-corrected chi connectivity index (χ2v) is 5.17. The number of amides is 1. The predicted molar refractivity (Wildman–Crippen MR) is 84.4 cm³/mol. The molecule has 0 saturated heterocycles. The van der Waals surface area contributed by atoms with Crippen LogP contribution in [0.3, 0.4) is 0 Å². The van der Waals surface area contributed by atoms with Crippen LogP contribution in [-0.2, 0) is 11.2 Å². The summed E-state index contributed by atoms with van der Waals surface area (Å²) in [5.74, 6) is 0.852. The van der Waals surface area contributed by atoms with E-state index < -0.39 is 0 Å². The number of hydrogen-bond acceptors (Lipinski definition) is 2. The van der Waals surface area contributed by atoms with Crippen LogP contribution in [-0.4, -0.2) is 13.0 Å². The Bertz CT molecular complexity index is 605. The molecule has 2 aromatic rings. The van der Waals surface area contributed by atoms with Gasteiger partial charge in [-0.05, 0) is 42.7 Å². The number of methoxy groups -OCH3 is 1. The van der Waals surface area contributed by atoms with Crippen LogP contribution >= 0.6 is 0 Å². The predicted octanol–water partition coefficient (Wildman–Crippen LogP) is 3.42. The van der Waals surface area contributed by atoms with E-state index in [4.69, 9.17) is 4.74 Å². The standard InChI is InChI=1S/C18H21NO2/c1-13-6-4-5-7-16(13)12-18(20)19-14(2)15-8-10-17(21-3)11-9-15/h4-11,14H,12H2,1-3H3,(H,19,20)/t14-/m1/s1. The summed E-state index contributed by atoms with van der Waals surface area (Å²) in [5, 5.41) is 3.03. The molecule has 0 aromatic heterocycles. The summed E-state index contributed by atoms with van der Waals surface area (Å²) in [6.07, 6.45) is 0.410. The second kappa shape index (κ2) is 6.93. The lowest BCUT2D eigenvalue weighted by Gasteiger charge is -2.15. The van der Waals surface area contributed by atoms with E-state index >= 15 is 0 Å². The van der Waals surface area contributed by atoms with E-state index in [2.05, 4.69) is 5.32 Å². The summed E-state index contributed by atoms with van der Waals surface area (Å²) in [7, 11) is 1.64. The van der Waals surface area contributed by atoms with Gasteiger partial charge in [-0.3, -0.25) is 4.79 Å². The van der Waals surface area contributed by atoms with Crippen molar-refractivity contribution < 1.29 is 9.53 Å². The molecule has 1 atom stereocenters. The molecule has 3 nitrogen and oxygen atoms in total. The highest BCUT2D eigenvalue weighted by molar-refractivity contribution is 5.79. The van der Waals surface area contributed by atoms with Crippen molar-refractivity contribution in [3.63, 3.8) is 0 Å². The third-order valence-electron chi connectivity index (χ3n) is 3.61. The van der Waals surface area contributed by atoms with Crippen molar-refractivity contribution in [3.05, 3.63) is 65.2 Å². The van der Waals surface area contributed by atoms with Crippen molar-refractivity contribution in [2.24, 2.45) is 0 Å². The monoisotopic (exact) mass is 283 g/mol. The van der Waals surface area contributed by atoms with Gasteiger partial charge in [0, 0.05) is 0 Å². The van der Waals surface area contributed by atoms with Crippen molar-refractivity contribution in [1.29, 1.82) is 0 Å².